The Bertz CT molecular complexity index is 733. The number of esters is 1. The topological polar surface area (TPSA) is 78.7 Å². The Labute approximate surface area is 141 Å². The molecular weight excluding hydrogens is 345 g/mol. The van der Waals surface area contributed by atoms with E-state index in [1.807, 2.05) is 0 Å². The van der Waals surface area contributed by atoms with E-state index in [9.17, 15) is 14.9 Å². The molecule has 1 atom stereocenters. The molecule has 0 unspecified atom stereocenters. The van der Waals surface area contributed by atoms with Crippen LogP contribution in [0.15, 0.2) is 42.5 Å². The van der Waals surface area contributed by atoms with Crippen molar-refractivity contribution in [2.24, 2.45) is 0 Å². The molecule has 0 heterocycles. The smallest absolute Gasteiger partial charge is 0.352 e. The average Bonchev–Trinajstić information content (AvgIpc) is 2.50. The van der Waals surface area contributed by atoms with Gasteiger partial charge in [0.15, 0.2) is 6.10 Å². The van der Waals surface area contributed by atoms with Crippen molar-refractivity contribution in [3.05, 3.63) is 62.6 Å². The van der Waals surface area contributed by atoms with Crippen LogP contribution in [-0.4, -0.2) is 17.0 Å². The van der Waals surface area contributed by atoms with Crippen molar-refractivity contribution in [1.82, 2.24) is 0 Å². The Balaban J connectivity index is 2.00. The van der Waals surface area contributed by atoms with Crippen LogP contribution in [0.1, 0.15) is 6.92 Å². The zero-order valence-electron chi connectivity index (χ0n) is 11.9. The molecular formula is C15H11Cl2NO5. The lowest BCUT2D eigenvalue weighted by atomic mass is 10.3. The lowest BCUT2D eigenvalue weighted by Crippen LogP contribution is -2.28. The van der Waals surface area contributed by atoms with E-state index in [0.717, 1.165) is 0 Å². The maximum atomic E-state index is 12.0. The van der Waals surface area contributed by atoms with Gasteiger partial charge >= 0.3 is 5.97 Å². The van der Waals surface area contributed by atoms with E-state index in [2.05, 4.69) is 0 Å². The van der Waals surface area contributed by atoms with Crippen LogP contribution in [0, 0.1) is 10.1 Å². The van der Waals surface area contributed by atoms with E-state index in [1.165, 1.54) is 37.3 Å². The number of hydrogen-bond acceptors (Lipinski definition) is 5. The summed E-state index contributed by atoms with van der Waals surface area (Å²) in [5.41, 5.74) is -0.0953. The molecule has 120 valence electrons. The maximum absolute atomic E-state index is 12.0. The highest BCUT2D eigenvalue weighted by molar-refractivity contribution is 6.35. The van der Waals surface area contributed by atoms with Crippen LogP contribution < -0.4 is 9.47 Å². The average molecular weight is 356 g/mol. The number of carbonyl (C=O) groups is 1. The number of nitrogens with zero attached hydrogens (tertiary/aromatic N) is 1. The molecule has 0 saturated carbocycles. The molecule has 0 aliphatic heterocycles. The summed E-state index contributed by atoms with van der Waals surface area (Å²) in [6.07, 6.45) is -0.927. The molecule has 2 aromatic carbocycles. The van der Waals surface area contributed by atoms with Crippen LogP contribution in [0.5, 0.6) is 11.5 Å². The number of ether oxygens (including phenoxy) is 2. The molecule has 0 saturated heterocycles. The molecule has 0 aliphatic carbocycles. The molecule has 0 spiro atoms. The molecule has 6 nitrogen and oxygen atoms in total. The lowest BCUT2D eigenvalue weighted by molar-refractivity contribution is -0.384. The molecule has 0 bridgehead atoms. The highest BCUT2D eigenvalue weighted by atomic mass is 35.5. The fourth-order valence-electron chi connectivity index (χ4n) is 1.64. The molecule has 8 heteroatoms. The van der Waals surface area contributed by atoms with Gasteiger partial charge in [0.2, 0.25) is 0 Å². The van der Waals surface area contributed by atoms with E-state index in [0.29, 0.717) is 10.8 Å². The molecule has 0 aliphatic rings. The number of nitro benzene ring substituents is 1. The van der Waals surface area contributed by atoms with Crippen molar-refractivity contribution in [2.45, 2.75) is 13.0 Å². The van der Waals surface area contributed by atoms with E-state index in [1.54, 1.807) is 12.1 Å². The second-order valence-corrected chi connectivity index (χ2v) is 5.35. The summed E-state index contributed by atoms with van der Waals surface area (Å²) in [7, 11) is 0. The zero-order chi connectivity index (χ0) is 17.0. The third-order valence-electron chi connectivity index (χ3n) is 2.80. The van der Waals surface area contributed by atoms with Gasteiger partial charge < -0.3 is 9.47 Å². The number of hydrogen-bond donors (Lipinski definition) is 0. The number of non-ortho nitro benzene ring substituents is 1. The van der Waals surface area contributed by atoms with Gasteiger partial charge in [-0.2, -0.15) is 0 Å². The highest BCUT2D eigenvalue weighted by Crippen LogP contribution is 2.28. The van der Waals surface area contributed by atoms with Gasteiger partial charge in [0.1, 0.15) is 11.5 Å². The van der Waals surface area contributed by atoms with Gasteiger partial charge in [-0.3, -0.25) is 10.1 Å². The highest BCUT2D eigenvalue weighted by Gasteiger charge is 2.19. The Morgan fingerprint density at radius 2 is 1.83 bits per heavy atom. The minimum atomic E-state index is -0.927. The van der Waals surface area contributed by atoms with Crippen LogP contribution >= 0.6 is 23.2 Å². The van der Waals surface area contributed by atoms with Crippen molar-refractivity contribution in [3.8, 4) is 11.5 Å². The van der Waals surface area contributed by atoms with E-state index >= 15 is 0 Å². The first-order valence-corrected chi connectivity index (χ1v) is 7.20. The van der Waals surface area contributed by atoms with Gasteiger partial charge in [-0.25, -0.2) is 4.79 Å². The summed E-state index contributed by atoms with van der Waals surface area (Å²) in [5.74, 6) is -0.188. The summed E-state index contributed by atoms with van der Waals surface area (Å²) in [6.45, 7) is 1.50. The van der Waals surface area contributed by atoms with Gasteiger partial charge in [0, 0.05) is 17.2 Å². The van der Waals surface area contributed by atoms with Gasteiger partial charge in [-0.05, 0) is 37.3 Å². The van der Waals surface area contributed by atoms with Crippen molar-refractivity contribution >= 4 is 34.9 Å². The minimum Gasteiger partial charge on any atom is -0.477 e. The summed E-state index contributed by atoms with van der Waals surface area (Å²) in [6, 6.07) is 9.76. The SMILES string of the molecule is C[C@H](Oc1ccc(Cl)cc1Cl)C(=O)Oc1ccc([N+](=O)[O-])cc1. The minimum absolute atomic E-state index is 0.0953. The van der Waals surface area contributed by atoms with Crippen molar-refractivity contribution < 1.29 is 19.2 Å². The summed E-state index contributed by atoms with van der Waals surface area (Å²) in [4.78, 5) is 22.0. The molecule has 0 N–H and O–H groups in total. The van der Waals surface area contributed by atoms with Gasteiger partial charge in [-0.1, -0.05) is 23.2 Å². The molecule has 0 radical (unpaired) electrons. The first kappa shape index (κ1) is 17.1. The quantitative estimate of drug-likeness (QED) is 0.346. The van der Waals surface area contributed by atoms with Crippen LogP contribution in [0.25, 0.3) is 0 Å². The maximum Gasteiger partial charge on any atom is 0.352 e. The molecule has 23 heavy (non-hydrogen) atoms. The number of benzene rings is 2. The standard InChI is InChI=1S/C15H11Cl2NO5/c1-9(22-14-7-2-10(16)8-13(14)17)15(19)23-12-5-3-11(4-6-12)18(20)21/h2-9H,1H3/t9-/m0/s1. The third kappa shape index (κ3) is 4.58. The summed E-state index contributed by atoms with van der Waals surface area (Å²) >= 11 is 11.7. The van der Waals surface area contributed by atoms with E-state index < -0.39 is 17.0 Å². The predicted octanol–water partition coefficient (Wildman–Crippen LogP) is 4.27. The fraction of sp³-hybridized carbons (Fsp3) is 0.133. The van der Waals surface area contributed by atoms with Gasteiger partial charge in [-0.15, -0.1) is 0 Å². The number of carbonyl (C=O) groups excluding carboxylic acids is 1. The zero-order valence-corrected chi connectivity index (χ0v) is 13.4. The Hall–Kier alpha value is -2.31. The van der Waals surface area contributed by atoms with Crippen LogP contribution in [0.4, 0.5) is 5.69 Å². The Morgan fingerprint density at radius 1 is 1.17 bits per heavy atom. The van der Waals surface area contributed by atoms with Crippen LogP contribution in [0.3, 0.4) is 0 Å². The number of nitro groups is 1. The van der Waals surface area contributed by atoms with Crippen molar-refractivity contribution in [3.63, 3.8) is 0 Å². The number of halogens is 2. The normalized spacial score (nSPS) is 11.6. The molecule has 2 rings (SSSR count). The summed E-state index contributed by atoms with van der Waals surface area (Å²) in [5, 5.41) is 11.3. The van der Waals surface area contributed by atoms with Crippen molar-refractivity contribution in [1.29, 1.82) is 0 Å². The molecule has 0 fully saturated rings. The van der Waals surface area contributed by atoms with Crippen LogP contribution in [-0.2, 0) is 4.79 Å². The predicted molar refractivity (Wildman–Crippen MR) is 85.3 cm³/mol. The fourth-order valence-corrected chi connectivity index (χ4v) is 2.10. The molecule has 0 aromatic heterocycles. The Kier molecular flexibility index (Phi) is 5.41. The largest absolute Gasteiger partial charge is 0.477 e. The van der Waals surface area contributed by atoms with Gasteiger partial charge in [0.05, 0.1) is 9.95 Å². The van der Waals surface area contributed by atoms with Gasteiger partial charge in [0.25, 0.3) is 5.69 Å². The second-order valence-electron chi connectivity index (χ2n) is 4.51. The van der Waals surface area contributed by atoms with E-state index in [-0.39, 0.29) is 16.5 Å². The lowest BCUT2D eigenvalue weighted by Gasteiger charge is -2.14. The first-order chi connectivity index (χ1) is 10.9. The van der Waals surface area contributed by atoms with E-state index in [4.69, 9.17) is 32.7 Å². The first-order valence-electron chi connectivity index (χ1n) is 6.44. The summed E-state index contributed by atoms with van der Waals surface area (Å²) < 4.78 is 10.5. The van der Waals surface area contributed by atoms with Crippen LogP contribution in [0.2, 0.25) is 10.0 Å². The monoisotopic (exact) mass is 355 g/mol. The van der Waals surface area contributed by atoms with Crippen molar-refractivity contribution in [2.75, 3.05) is 0 Å². The molecule has 2 aromatic rings. The Morgan fingerprint density at radius 3 is 2.39 bits per heavy atom. The third-order valence-corrected chi connectivity index (χ3v) is 3.33. The number of rotatable bonds is 5. The molecule has 0 amide bonds. The second kappa shape index (κ2) is 7.30.